The van der Waals surface area contributed by atoms with Crippen molar-refractivity contribution in [3.8, 4) is 0 Å². The van der Waals surface area contributed by atoms with Gasteiger partial charge in [-0.3, -0.25) is 0 Å². The van der Waals surface area contributed by atoms with E-state index in [1.165, 1.54) is 32.1 Å². The molecule has 76 valence electrons. The van der Waals surface area contributed by atoms with Crippen molar-refractivity contribution in [3.05, 3.63) is 0 Å². The minimum Gasteiger partial charge on any atom is -0.327 e. The molecule has 2 aliphatic rings. The maximum Gasteiger partial charge on any atom is 0.00956 e. The molecule has 0 aromatic carbocycles. The Labute approximate surface area is 82.1 Å². The van der Waals surface area contributed by atoms with Crippen LogP contribution in [0.5, 0.6) is 0 Å². The summed E-state index contributed by atoms with van der Waals surface area (Å²) in [6, 6.07) is 0.503. The standard InChI is InChI=1S/C12H23N/c1-3-8(4-2)12(13)11-6-9-5-10(9)7-11/h8-12H,3-7,13H2,1-2H3. The molecular formula is C12H23N. The molecule has 0 heterocycles. The average Bonchev–Trinajstić information content (AvgIpc) is 2.75. The Kier molecular flexibility index (Phi) is 2.64. The van der Waals surface area contributed by atoms with Crippen LogP contribution in [0, 0.1) is 23.7 Å². The van der Waals surface area contributed by atoms with Crippen LogP contribution in [0.15, 0.2) is 0 Å². The molecule has 2 N–H and O–H groups in total. The molecule has 3 atom stereocenters. The van der Waals surface area contributed by atoms with Crippen molar-refractivity contribution in [3.63, 3.8) is 0 Å². The van der Waals surface area contributed by atoms with Gasteiger partial charge in [0, 0.05) is 6.04 Å². The monoisotopic (exact) mass is 181 g/mol. The molecule has 2 aliphatic carbocycles. The number of hydrogen-bond donors (Lipinski definition) is 1. The fourth-order valence-electron chi connectivity index (χ4n) is 3.29. The quantitative estimate of drug-likeness (QED) is 0.709. The second kappa shape index (κ2) is 3.61. The van der Waals surface area contributed by atoms with Gasteiger partial charge >= 0.3 is 0 Å². The molecule has 1 nitrogen and oxygen atoms in total. The van der Waals surface area contributed by atoms with Crippen molar-refractivity contribution in [2.45, 2.75) is 52.0 Å². The summed E-state index contributed by atoms with van der Waals surface area (Å²) in [5.74, 6) is 3.83. The first-order valence-electron chi connectivity index (χ1n) is 6.01. The molecular weight excluding hydrogens is 158 g/mol. The van der Waals surface area contributed by atoms with Gasteiger partial charge in [0.1, 0.15) is 0 Å². The Morgan fingerprint density at radius 2 is 1.62 bits per heavy atom. The number of rotatable bonds is 4. The minimum absolute atomic E-state index is 0.503. The lowest BCUT2D eigenvalue weighted by Crippen LogP contribution is -2.36. The first kappa shape index (κ1) is 9.51. The summed E-state index contributed by atoms with van der Waals surface area (Å²) < 4.78 is 0. The molecule has 0 saturated heterocycles. The lowest BCUT2D eigenvalue weighted by molar-refractivity contribution is 0.281. The molecule has 0 radical (unpaired) electrons. The van der Waals surface area contributed by atoms with Gasteiger partial charge in [-0.15, -0.1) is 0 Å². The molecule has 3 unspecified atom stereocenters. The zero-order valence-corrected chi connectivity index (χ0v) is 9.00. The molecule has 0 bridgehead atoms. The third kappa shape index (κ3) is 1.76. The summed E-state index contributed by atoms with van der Waals surface area (Å²) in [6.45, 7) is 4.56. The Morgan fingerprint density at radius 1 is 1.08 bits per heavy atom. The zero-order chi connectivity index (χ0) is 9.42. The highest BCUT2D eigenvalue weighted by Crippen LogP contribution is 2.55. The predicted molar refractivity (Wildman–Crippen MR) is 56.4 cm³/mol. The summed E-state index contributed by atoms with van der Waals surface area (Å²) in [5, 5.41) is 0. The fraction of sp³-hybridized carbons (Fsp3) is 1.00. The third-order valence-electron chi connectivity index (χ3n) is 4.42. The van der Waals surface area contributed by atoms with Crippen LogP contribution < -0.4 is 5.73 Å². The summed E-state index contributed by atoms with van der Waals surface area (Å²) >= 11 is 0. The second-order valence-corrected chi connectivity index (χ2v) is 5.14. The van der Waals surface area contributed by atoms with Gasteiger partial charge in [0.2, 0.25) is 0 Å². The molecule has 0 aromatic rings. The normalized spacial score (nSPS) is 39.2. The molecule has 2 saturated carbocycles. The van der Waals surface area contributed by atoms with Crippen LogP contribution in [0.1, 0.15) is 46.0 Å². The highest BCUT2D eigenvalue weighted by Gasteiger charge is 2.47. The van der Waals surface area contributed by atoms with E-state index in [0.717, 1.165) is 23.7 Å². The molecule has 0 spiro atoms. The van der Waals surface area contributed by atoms with Crippen molar-refractivity contribution in [1.29, 1.82) is 0 Å². The molecule has 13 heavy (non-hydrogen) atoms. The maximum atomic E-state index is 6.33. The van der Waals surface area contributed by atoms with Crippen LogP contribution in [0.25, 0.3) is 0 Å². The molecule has 2 fully saturated rings. The van der Waals surface area contributed by atoms with Gasteiger partial charge < -0.3 is 5.73 Å². The Balaban J connectivity index is 1.85. The second-order valence-electron chi connectivity index (χ2n) is 5.14. The van der Waals surface area contributed by atoms with Gasteiger partial charge in [-0.1, -0.05) is 26.7 Å². The molecule has 0 amide bonds. The van der Waals surface area contributed by atoms with Crippen molar-refractivity contribution < 1.29 is 0 Å². The predicted octanol–water partition coefficient (Wildman–Crippen LogP) is 2.80. The van der Waals surface area contributed by atoms with Crippen LogP contribution in [0.4, 0.5) is 0 Å². The van der Waals surface area contributed by atoms with E-state index >= 15 is 0 Å². The Hall–Kier alpha value is -0.0400. The van der Waals surface area contributed by atoms with Crippen LogP contribution in [-0.4, -0.2) is 6.04 Å². The van der Waals surface area contributed by atoms with E-state index < -0.39 is 0 Å². The number of nitrogens with two attached hydrogens (primary N) is 1. The van der Waals surface area contributed by atoms with Gasteiger partial charge in [-0.05, 0) is 42.9 Å². The van der Waals surface area contributed by atoms with Gasteiger partial charge in [0.25, 0.3) is 0 Å². The van der Waals surface area contributed by atoms with E-state index in [4.69, 9.17) is 5.73 Å². The molecule has 0 aliphatic heterocycles. The maximum absolute atomic E-state index is 6.33. The van der Waals surface area contributed by atoms with Gasteiger partial charge in [0.05, 0.1) is 0 Å². The molecule has 0 aromatic heterocycles. The minimum atomic E-state index is 0.503. The van der Waals surface area contributed by atoms with Crippen LogP contribution in [-0.2, 0) is 0 Å². The van der Waals surface area contributed by atoms with E-state index in [-0.39, 0.29) is 0 Å². The summed E-state index contributed by atoms with van der Waals surface area (Å²) in [6.07, 6.45) is 6.95. The summed E-state index contributed by atoms with van der Waals surface area (Å²) in [5.41, 5.74) is 6.33. The summed E-state index contributed by atoms with van der Waals surface area (Å²) in [7, 11) is 0. The van der Waals surface area contributed by atoms with Gasteiger partial charge in [0.15, 0.2) is 0 Å². The number of hydrogen-bond acceptors (Lipinski definition) is 1. The fourth-order valence-corrected chi connectivity index (χ4v) is 3.29. The van der Waals surface area contributed by atoms with Gasteiger partial charge in [-0.2, -0.15) is 0 Å². The SMILES string of the molecule is CCC(CC)C(N)C1CC2CC2C1. The van der Waals surface area contributed by atoms with Crippen LogP contribution in [0.2, 0.25) is 0 Å². The van der Waals surface area contributed by atoms with E-state index in [2.05, 4.69) is 13.8 Å². The Bertz CT molecular complexity index is 164. The van der Waals surface area contributed by atoms with E-state index in [1.807, 2.05) is 0 Å². The average molecular weight is 181 g/mol. The first-order valence-corrected chi connectivity index (χ1v) is 6.01. The van der Waals surface area contributed by atoms with Crippen molar-refractivity contribution >= 4 is 0 Å². The lowest BCUT2D eigenvalue weighted by atomic mass is 9.83. The number of fused-ring (bicyclic) bond motifs is 1. The highest BCUT2D eigenvalue weighted by molar-refractivity contribution is 4.99. The molecule has 1 heteroatoms. The Morgan fingerprint density at radius 3 is 2.08 bits per heavy atom. The zero-order valence-electron chi connectivity index (χ0n) is 9.00. The molecule has 2 rings (SSSR count). The van der Waals surface area contributed by atoms with Crippen LogP contribution in [0.3, 0.4) is 0 Å². The smallest absolute Gasteiger partial charge is 0.00956 e. The van der Waals surface area contributed by atoms with Gasteiger partial charge in [-0.25, -0.2) is 0 Å². The largest absolute Gasteiger partial charge is 0.327 e. The van der Waals surface area contributed by atoms with E-state index in [9.17, 15) is 0 Å². The van der Waals surface area contributed by atoms with Crippen molar-refractivity contribution in [1.82, 2.24) is 0 Å². The third-order valence-corrected chi connectivity index (χ3v) is 4.42. The van der Waals surface area contributed by atoms with Crippen LogP contribution >= 0.6 is 0 Å². The van der Waals surface area contributed by atoms with Crippen molar-refractivity contribution in [2.24, 2.45) is 29.4 Å². The topological polar surface area (TPSA) is 26.0 Å². The van der Waals surface area contributed by atoms with E-state index in [0.29, 0.717) is 6.04 Å². The van der Waals surface area contributed by atoms with E-state index in [1.54, 1.807) is 0 Å². The lowest BCUT2D eigenvalue weighted by Gasteiger charge is -2.27. The van der Waals surface area contributed by atoms with Crippen molar-refractivity contribution in [2.75, 3.05) is 0 Å². The summed E-state index contributed by atoms with van der Waals surface area (Å²) in [4.78, 5) is 0. The highest BCUT2D eigenvalue weighted by atomic mass is 14.7. The first-order chi connectivity index (χ1) is 6.26.